The number of amides is 2. The Balaban J connectivity index is 1.87. The number of anilines is 1. The fourth-order valence-electron chi connectivity index (χ4n) is 1.99. The minimum Gasteiger partial charge on any atom is -0.494 e. The molecule has 0 aliphatic rings. The number of rotatable bonds is 6. The third kappa shape index (κ3) is 4.60. The predicted octanol–water partition coefficient (Wildman–Crippen LogP) is 1.64. The SMILES string of the molecule is CCOc1ccc(NC(=O)C(=O)NCC(C)(O)c2ccco2)cc1. The number of nitrogens with one attached hydrogen (secondary N) is 2. The number of ether oxygens (including phenoxy) is 1. The van der Waals surface area contributed by atoms with E-state index < -0.39 is 17.4 Å². The highest BCUT2D eigenvalue weighted by atomic mass is 16.5. The van der Waals surface area contributed by atoms with E-state index in [0.717, 1.165) is 0 Å². The summed E-state index contributed by atoms with van der Waals surface area (Å²) in [7, 11) is 0. The fourth-order valence-corrected chi connectivity index (χ4v) is 1.99. The number of carbonyl (C=O) groups is 2. The van der Waals surface area contributed by atoms with Crippen LogP contribution >= 0.6 is 0 Å². The number of aliphatic hydroxyl groups is 1. The van der Waals surface area contributed by atoms with Crippen LogP contribution in [-0.4, -0.2) is 30.1 Å². The summed E-state index contributed by atoms with van der Waals surface area (Å²) in [6.07, 6.45) is 1.42. The summed E-state index contributed by atoms with van der Waals surface area (Å²) in [4.78, 5) is 23.7. The van der Waals surface area contributed by atoms with Crippen molar-refractivity contribution < 1.29 is 23.8 Å². The van der Waals surface area contributed by atoms with Crippen LogP contribution in [0.15, 0.2) is 47.1 Å². The summed E-state index contributed by atoms with van der Waals surface area (Å²) in [5, 5.41) is 15.1. The Morgan fingerprint density at radius 3 is 2.50 bits per heavy atom. The van der Waals surface area contributed by atoms with Gasteiger partial charge in [-0.1, -0.05) is 0 Å². The first-order chi connectivity index (χ1) is 11.4. The third-order valence-corrected chi connectivity index (χ3v) is 3.27. The monoisotopic (exact) mass is 332 g/mol. The van der Waals surface area contributed by atoms with Crippen molar-refractivity contribution in [2.75, 3.05) is 18.5 Å². The van der Waals surface area contributed by atoms with E-state index >= 15 is 0 Å². The summed E-state index contributed by atoms with van der Waals surface area (Å²) >= 11 is 0. The molecule has 2 aromatic rings. The van der Waals surface area contributed by atoms with Crippen LogP contribution in [0.5, 0.6) is 5.75 Å². The molecule has 1 atom stereocenters. The van der Waals surface area contributed by atoms with E-state index in [1.807, 2.05) is 6.92 Å². The highest BCUT2D eigenvalue weighted by Crippen LogP contribution is 2.19. The third-order valence-electron chi connectivity index (χ3n) is 3.27. The number of benzene rings is 1. The molecule has 128 valence electrons. The number of carbonyl (C=O) groups excluding carboxylic acids is 2. The van der Waals surface area contributed by atoms with E-state index in [9.17, 15) is 14.7 Å². The van der Waals surface area contributed by atoms with E-state index in [1.165, 1.54) is 13.2 Å². The predicted molar refractivity (Wildman–Crippen MR) is 87.5 cm³/mol. The van der Waals surface area contributed by atoms with Crippen molar-refractivity contribution in [3.63, 3.8) is 0 Å². The minimum atomic E-state index is -1.40. The molecule has 0 saturated carbocycles. The zero-order valence-electron chi connectivity index (χ0n) is 13.5. The van der Waals surface area contributed by atoms with E-state index in [4.69, 9.17) is 9.15 Å². The van der Waals surface area contributed by atoms with Gasteiger partial charge in [0.05, 0.1) is 19.4 Å². The fraction of sp³-hybridized carbons (Fsp3) is 0.294. The Kier molecular flexibility index (Phi) is 5.59. The highest BCUT2D eigenvalue weighted by molar-refractivity contribution is 6.39. The standard InChI is InChI=1S/C17H20N2O5/c1-3-23-13-8-6-12(7-9-13)19-16(21)15(20)18-11-17(2,22)14-5-4-10-24-14/h4-10,22H,3,11H2,1-2H3,(H,18,20)(H,19,21). The molecule has 3 N–H and O–H groups in total. The molecular weight excluding hydrogens is 312 g/mol. The van der Waals surface area contributed by atoms with Gasteiger partial charge in [-0.25, -0.2) is 0 Å². The lowest BCUT2D eigenvalue weighted by atomic mass is 10.0. The van der Waals surface area contributed by atoms with Gasteiger partial charge < -0.3 is 24.9 Å². The van der Waals surface area contributed by atoms with Gasteiger partial charge in [0.15, 0.2) is 0 Å². The quantitative estimate of drug-likeness (QED) is 0.698. The van der Waals surface area contributed by atoms with Crippen molar-refractivity contribution in [1.82, 2.24) is 5.32 Å². The van der Waals surface area contributed by atoms with E-state index in [1.54, 1.807) is 36.4 Å². The second kappa shape index (κ2) is 7.65. The van der Waals surface area contributed by atoms with Crippen LogP contribution in [0.1, 0.15) is 19.6 Å². The molecule has 7 heteroatoms. The van der Waals surface area contributed by atoms with Crippen LogP contribution in [0.2, 0.25) is 0 Å². The van der Waals surface area contributed by atoms with Gasteiger partial charge in [-0.2, -0.15) is 0 Å². The van der Waals surface area contributed by atoms with Gasteiger partial charge in [-0.3, -0.25) is 9.59 Å². The van der Waals surface area contributed by atoms with Crippen molar-refractivity contribution in [2.24, 2.45) is 0 Å². The summed E-state index contributed by atoms with van der Waals surface area (Å²) < 4.78 is 10.4. The van der Waals surface area contributed by atoms with Crippen LogP contribution in [0, 0.1) is 0 Å². The highest BCUT2D eigenvalue weighted by Gasteiger charge is 2.28. The zero-order chi connectivity index (χ0) is 17.6. The smallest absolute Gasteiger partial charge is 0.313 e. The largest absolute Gasteiger partial charge is 0.494 e. The van der Waals surface area contributed by atoms with Gasteiger partial charge in [0, 0.05) is 5.69 Å². The van der Waals surface area contributed by atoms with Gasteiger partial charge >= 0.3 is 11.8 Å². The number of hydrogen-bond donors (Lipinski definition) is 3. The van der Waals surface area contributed by atoms with Crippen molar-refractivity contribution in [1.29, 1.82) is 0 Å². The topological polar surface area (TPSA) is 101 Å². The van der Waals surface area contributed by atoms with Crippen LogP contribution in [-0.2, 0) is 15.2 Å². The normalized spacial score (nSPS) is 13.0. The van der Waals surface area contributed by atoms with Crippen molar-refractivity contribution in [3.8, 4) is 5.75 Å². The maximum Gasteiger partial charge on any atom is 0.313 e. The first-order valence-electron chi connectivity index (χ1n) is 7.51. The molecule has 1 unspecified atom stereocenters. The number of furan rings is 1. The summed E-state index contributed by atoms with van der Waals surface area (Å²) in [6.45, 7) is 3.74. The molecule has 0 spiro atoms. The van der Waals surface area contributed by atoms with Crippen molar-refractivity contribution in [2.45, 2.75) is 19.4 Å². The maximum absolute atomic E-state index is 11.9. The van der Waals surface area contributed by atoms with Crippen LogP contribution in [0.4, 0.5) is 5.69 Å². The molecule has 0 radical (unpaired) electrons. The summed E-state index contributed by atoms with van der Waals surface area (Å²) in [5.41, 5.74) is -0.935. The molecule has 0 saturated heterocycles. The molecule has 7 nitrogen and oxygen atoms in total. The van der Waals surface area contributed by atoms with Gasteiger partial charge in [-0.15, -0.1) is 0 Å². The van der Waals surface area contributed by atoms with Crippen LogP contribution in [0.3, 0.4) is 0 Å². The first kappa shape index (κ1) is 17.6. The van der Waals surface area contributed by atoms with Gasteiger partial charge in [0.25, 0.3) is 0 Å². The lowest BCUT2D eigenvalue weighted by molar-refractivity contribution is -0.136. The minimum absolute atomic E-state index is 0.157. The van der Waals surface area contributed by atoms with Crippen molar-refractivity contribution in [3.05, 3.63) is 48.4 Å². The Morgan fingerprint density at radius 2 is 1.92 bits per heavy atom. The van der Waals surface area contributed by atoms with Gasteiger partial charge in [-0.05, 0) is 50.2 Å². The molecule has 1 aromatic heterocycles. The van der Waals surface area contributed by atoms with Gasteiger partial charge in [0.2, 0.25) is 0 Å². The van der Waals surface area contributed by atoms with Crippen molar-refractivity contribution >= 4 is 17.5 Å². The molecule has 24 heavy (non-hydrogen) atoms. The second-order valence-electron chi connectivity index (χ2n) is 5.35. The molecule has 0 aliphatic carbocycles. The summed E-state index contributed by atoms with van der Waals surface area (Å²) in [6, 6.07) is 9.87. The average molecular weight is 332 g/mol. The van der Waals surface area contributed by atoms with Crippen LogP contribution < -0.4 is 15.4 Å². The molecule has 1 aromatic carbocycles. The molecule has 2 amide bonds. The molecule has 0 bridgehead atoms. The maximum atomic E-state index is 11.9. The van der Waals surface area contributed by atoms with E-state index in [0.29, 0.717) is 23.8 Å². The Morgan fingerprint density at radius 1 is 1.21 bits per heavy atom. The molecular formula is C17H20N2O5. The van der Waals surface area contributed by atoms with E-state index in [2.05, 4.69) is 10.6 Å². The zero-order valence-corrected chi connectivity index (χ0v) is 13.5. The molecule has 0 aliphatic heterocycles. The lowest BCUT2D eigenvalue weighted by Gasteiger charge is -2.20. The van der Waals surface area contributed by atoms with Gasteiger partial charge in [0.1, 0.15) is 17.1 Å². The lowest BCUT2D eigenvalue weighted by Crippen LogP contribution is -2.43. The average Bonchev–Trinajstić information content (AvgIpc) is 3.10. The summed E-state index contributed by atoms with van der Waals surface area (Å²) in [5.74, 6) is -0.700. The second-order valence-corrected chi connectivity index (χ2v) is 5.35. The Labute approximate surface area is 139 Å². The number of hydrogen-bond acceptors (Lipinski definition) is 5. The molecule has 0 fully saturated rings. The van der Waals surface area contributed by atoms with E-state index in [-0.39, 0.29) is 6.54 Å². The Hall–Kier alpha value is -2.80. The molecule has 1 heterocycles. The Bertz CT molecular complexity index is 678. The molecule has 2 rings (SSSR count). The first-order valence-corrected chi connectivity index (χ1v) is 7.51. The van der Waals surface area contributed by atoms with Crippen LogP contribution in [0.25, 0.3) is 0 Å².